The van der Waals surface area contributed by atoms with E-state index in [-0.39, 0.29) is 78.9 Å². The molecule has 1 fully saturated rings. The number of likely N-dealkylation sites (tertiary alicyclic amines) is 1. The highest BCUT2D eigenvalue weighted by Gasteiger charge is 2.47. The van der Waals surface area contributed by atoms with Gasteiger partial charge < -0.3 is 15.6 Å². The largest absolute Gasteiger partial charge is 0.418 e. The van der Waals surface area contributed by atoms with Crippen LogP contribution in [0.15, 0.2) is 42.5 Å². The minimum absolute atomic E-state index is 0.0745. The molecule has 2 amide bonds. The number of fused-ring (bicyclic) bond motifs is 3. The number of halogens is 4. The number of nitrogens with zero attached hydrogens (tertiary/aromatic N) is 1. The Hall–Kier alpha value is -4.06. The Morgan fingerprint density at radius 2 is 1.57 bits per heavy atom. The number of nitrogens with one attached hydrogen (secondary N) is 3. The molecule has 3 aromatic rings. The van der Waals surface area contributed by atoms with Crippen LogP contribution in [0, 0.1) is 29.5 Å². The summed E-state index contributed by atoms with van der Waals surface area (Å²) >= 11 is 0. The summed E-state index contributed by atoms with van der Waals surface area (Å²) in [5, 5.41) is 6.39. The zero-order valence-electron chi connectivity index (χ0n) is 31.1. The van der Waals surface area contributed by atoms with E-state index < -0.39 is 40.8 Å². The number of aromatic amines is 1. The van der Waals surface area contributed by atoms with Gasteiger partial charge in [0.25, 0.3) is 0 Å². The molecule has 8 nitrogen and oxygen atoms in total. The molecule has 12 heteroatoms. The van der Waals surface area contributed by atoms with Gasteiger partial charge in [0.15, 0.2) is 5.78 Å². The SMILES string of the molecule is CCC(C)[C@H](CC(=O)[C@@]1(NC(=O)[C@@H](CC(=O)Cc2ccccc2F)C(C)CC)CCc2[nH]c3c(C(F)(F)F)cccc3c2C1)C(=O)NCN1CCCC1. The van der Waals surface area contributed by atoms with Crippen LogP contribution in [0.3, 0.4) is 0 Å². The maximum atomic E-state index is 14.8. The summed E-state index contributed by atoms with van der Waals surface area (Å²) in [7, 11) is 0. The van der Waals surface area contributed by atoms with Crippen LogP contribution in [0.25, 0.3) is 10.9 Å². The van der Waals surface area contributed by atoms with E-state index in [1.807, 2.05) is 27.7 Å². The standard InChI is InChI=1S/C41H52F4N4O4/c1-5-25(3)30(21-28(50)20-27-12-7-8-15-34(27)42)39(53)48-40(36(51)22-31(26(4)6-2)38(52)46-24-49-18-9-10-19-49)17-16-35-32(23-40)29-13-11-14-33(37(29)47-35)41(43,44)45/h7-8,11-15,25-26,30-31,47H,5-6,9-10,16-24H2,1-4H3,(H,46,52)(H,48,53)/t25?,26?,30-,31-,40+/m0/s1. The highest BCUT2D eigenvalue weighted by molar-refractivity contribution is 5.99. The van der Waals surface area contributed by atoms with Gasteiger partial charge in [0.1, 0.15) is 17.1 Å². The minimum Gasteiger partial charge on any atom is -0.358 e. The number of aromatic nitrogens is 1. The molecule has 2 heterocycles. The molecule has 5 rings (SSSR count). The van der Waals surface area contributed by atoms with Gasteiger partial charge in [-0.1, -0.05) is 70.9 Å². The molecule has 53 heavy (non-hydrogen) atoms. The zero-order chi connectivity index (χ0) is 38.5. The molecule has 288 valence electrons. The summed E-state index contributed by atoms with van der Waals surface area (Å²) in [6.07, 6.45) is -1.68. The van der Waals surface area contributed by atoms with Crippen LogP contribution in [-0.4, -0.2) is 58.6 Å². The number of carbonyl (C=O) groups is 4. The van der Waals surface area contributed by atoms with E-state index in [9.17, 15) is 36.7 Å². The number of Topliss-reactive ketones (excluding diaryl/α,β-unsaturated/α-hetero) is 2. The van der Waals surface area contributed by atoms with Crippen molar-refractivity contribution in [1.82, 2.24) is 20.5 Å². The number of amides is 2. The average molecular weight is 741 g/mol. The second kappa shape index (κ2) is 17.0. The Kier molecular flexibility index (Phi) is 12.8. The predicted octanol–water partition coefficient (Wildman–Crippen LogP) is 7.32. The van der Waals surface area contributed by atoms with Crippen LogP contribution in [0.5, 0.6) is 0 Å². The summed E-state index contributed by atoms with van der Waals surface area (Å²) in [6, 6.07) is 9.90. The Morgan fingerprint density at radius 1 is 0.906 bits per heavy atom. The average Bonchev–Trinajstić information content (AvgIpc) is 3.79. The number of rotatable bonds is 16. The van der Waals surface area contributed by atoms with Crippen molar-refractivity contribution in [3.8, 4) is 0 Å². The van der Waals surface area contributed by atoms with Crippen molar-refractivity contribution < 1.29 is 36.7 Å². The number of para-hydroxylation sites is 1. The van der Waals surface area contributed by atoms with Gasteiger partial charge in [0.05, 0.1) is 17.7 Å². The molecule has 2 aliphatic rings. The molecule has 1 aliphatic heterocycles. The molecular weight excluding hydrogens is 688 g/mol. The minimum atomic E-state index is -4.61. The molecule has 0 radical (unpaired) electrons. The molecule has 1 aromatic heterocycles. The number of H-pyrrole nitrogens is 1. The fourth-order valence-corrected chi connectivity index (χ4v) is 7.95. The number of benzene rings is 2. The summed E-state index contributed by atoms with van der Waals surface area (Å²) in [4.78, 5) is 61.3. The highest BCUT2D eigenvalue weighted by atomic mass is 19.4. The molecule has 0 bridgehead atoms. The van der Waals surface area contributed by atoms with Crippen LogP contribution in [0.1, 0.15) is 95.0 Å². The Balaban J connectivity index is 1.48. The van der Waals surface area contributed by atoms with E-state index in [2.05, 4.69) is 20.5 Å². The monoisotopic (exact) mass is 740 g/mol. The second-order valence-corrected chi connectivity index (χ2v) is 15.2. The van der Waals surface area contributed by atoms with E-state index in [0.29, 0.717) is 36.2 Å². The first-order valence-corrected chi connectivity index (χ1v) is 19.0. The van der Waals surface area contributed by atoms with E-state index in [0.717, 1.165) is 32.0 Å². The van der Waals surface area contributed by atoms with Crippen LogP contribution < -0.4 is 10.6 Å². The van der Waals surface area contributed by atoms with Crippen LogP contribution in [0.2, 0.25) is 0 Å². The number of hydrogen-bond acceptors (Lipinski definition) is 5. The van der Waals surface area contributed by atoms with Crippen molar-refractivity contribution in [2.45, 2.75) is 104 Å². The van der Waals surface area contributed by atoms with E-state index in [4.69, 9.17) is 0 Å². The van der Waals surface area contributed by atoms with Crippen molar-refractivity contribution in [3.63, 3.8) is 0 Å². The maximum Gasteiger partial charge on any atom is 0.418 e. The Morgan fingerprint density at radius 3 is 2.21 bits per heavy atom. The molecule has 2 unspecified atom stereocenters. The van der Waals surface area contributed by atoms with Gasteiger partial charge in [0, 0.05) is 48.6 Å². The summed E-state index contributed by atoms with van der Waals surface area (Å²) in [6.45, 7) is 9.73. The molecule has 0 saturated carbocycles. The van der Waals surface area contributed by atoms with Gasteiger partial charge in [0.2, 0.25) is 11.8 Å². The van der Waals surface area contributed by atoms with Gasteiger partial charge in [-0.3, -0.25) is 24.1 Å². The van der Waals surface area contributed by atoms with Crippen LogP contribution in [-0.2, 0) is 44.6 Å². The number of carbonyl (C=O) groups excluding carboxylic acids is 4. The lowest BCUT2D eigenvalue weighted by molar-refractivity contribution is -0.139. The Bertz CT molecular complexity index is 1800. The maximum absolute atomic E-state index is 14.8. The number of alkyl halides is 3. The molecule has 3 N–H and O–H groups in total. The van der Waals surface area contributed by atoms with Gasteiger partial charge in [-0.2, -0.15) is 13.2 Å². The smallest absolute Gasteiger partial charge is 0.358 e. The summed E-state index contributed by atoms with van der Waals surface area (Å²) in [5.41, 5.74) is -1.13. The van der Waals surface area contributed by atoms with Crippen molar-refractivity contribution >= 4 is 34.3 Å². The fourth-order valence-electron chi connectivity index (χ4n) is 7.95. The topological polar surface area (TPSA) is 111 Å². The first kappa shape index (κ1) is 40.1. The zero-order valence-corrected chi connectivity index (χ0v) is 31.1. The van der Waals surface area contributed by atoms with E-state index >= 15 is 0 Å². The molecular formula is C41H52F4N4O4. The lowest BCUT2D eigenvalue weighted by Crippen LogP contribution is -2.60. The predicted molar refractivity (Wildman–Crippen MR) is 195 cm³/mol. The normalized spacial score (nSPS) is 20.0. The number of aryl methyl sites for hydroxylation is 1. The van der Waals surface area contributed by atoms with Crippen molar-refractivity contribution in [3.05, 3.63) is 70.7 Å². The lowest BCUT2D eigenvalue weighted by Gasteiger charge is -2.39. The third-order valence-corrected chi connectivity index (χ3v) is 11.7. The molecule has 0 spiro atoms. The van der Waals surface area contributed by atoms with Crippen LogP contribution >= 0.6 is 0 Å². The highest BCUT2D eigenvalue weighted by Crippen LogP contribution is 2.41. The third-order valence-electron chi connectivity index (χ3n) is 11.7. The Labute approximate surface area is 308 Å². The van der Waals surface area contributed by atoms with Gasteiger partial charge >= 0.3 is 6.18 Å². The van der Waals surface area contributed by atoms with Gasteiger partial charge in [-0.15, -0.1) is 0 Å². The summed E-state index contributed by atoms with van der Waals surface area (Å²) in [5.74, 6) is -3.99. The van der Waals surface area contributed by atoms with E-state index in [1.165, 1.54) is 24.3 Å². The van der Waals surface area contributed by atoms with Crippen LogP contribution in [0.4, 0.5) is 17.6 Å². The quantitative estimate of drug-likeness (QED) is 0.133. The van der Waals surface area contributed by atoms with E-state index in [1.54, 1.807) is 12.1 Å². The lowest BCUT2D eigenvalue weighted by atomic mass is 9.72. The molecule has 2 aromatic carbocycles. The molecule has 5 atom stereocenters. The first-order valence-electron chi connectivity index (χ1n) is 19.0. The van der Waals surface area contributed by atoms with Crippen molar-refractivity contribution in [2.75, 3.05) is 19.8 Å². The van der Waals surface area contributed by atoms with Crippen molar-refractivity contribution in [2.24, 2.45) is 23.7 Å². The molecule has 1 aliphatic carbocycles. The fraction of sp³-hybridized carbons (Fsp3) is 0.561. The summed E-state index contributed by atoms with van der Waals surface area (Å²) < 4.78 is 56.6. The second-order valence-electron chi connectivity index (χ2n) is 15.2. The number of hydrogen-bond donors (Lipinski definition) is 3. The van der Waals surface area contributed by atoms with Gasteiger partial charge in [-0.25, -0.2) is 4.39 Å². The molecule has 1 saturated heterocycles. The first-order chi connectivity index (χ1) is 25.2. The van der Waals surface area contributed by atoms with Gasteiger partial charge in [-0.05, 0) is 73.9 Å². The third kappa shape index (κ3) is 9.19. The number of ketones is 2. The van der Waals surface area contributed by atoms with Crippen molar-refractivity contribution in [1.29, 1.82) is 0 Å².